The molecule has 0 bridgehead atoms. The number of aromatic nitrogens is 2. The van der Waals surface area contributed by atoms with E-state index in [1.807, 2.05) is 13.8 Å². The Morgan fingerprint density at radius 2 is 2.15 bits per heavy atom. The van der Waals surface area contributed by atoms with Crippen LogP contribution in [0.15, 0.2) is 15.8 Å². The zero-order valence-corrected chi connectivity index (χ0v) is 7.59. The van der Waals surface area contributed by atoms with Gasteiger partial charge in [0.1, 0.15) is 0 Å². The monoisotopic (exact) mass is 184 g/mol. The van der Waals surface area contributed by atoms with Crippen molar-refractivity contribution in [2.75, 3.05) is 0 Å². The molecule has 0 atom stereocenters. The van der Waals surface area contributed by atoms with Gasteiger partial charge in [-0.05, 0) is 13.8 Å². The van der Waals surface area contributed by atoms with Crippen LogP contribution in [0.1, 0.15) is 19.4 Å². The fourth-order valence-corrected chi connectivity index (χ4v) is 0.801. The minimum Gasteiger partial charge on any atom is -0.374 e. The van der Waals surface area contributed by atoms with E-state index in [1.54, 1.807) is 0 Å². The molecular weight excluding hydrogens is 172 g/mol. The molecule has 0 spiro atoms. The van der Waals surface area contributed by atoms with Crippen LogP contribution in [0.2, 0.25) is 0 Å². The predicted molar refractivity (Wildman–Crippen MR) is 47.6 cm³/mol. The Labute approximate surface area is 74.8 Å². The summed E-state index contributed by atoms with van der Waals surface area (Å²) in [5.41, 5.74) is -0.476. The third-order valence-corrected chi connectivity index (χ3v) is 1.47. The lowest BCUT2D eigenvalue weighted by Crippen LogP contribution is -2.25. The summed E-state index contributed by atoms with van der Waals surface area (Å²) < 4.78 is 5.21. The van der Waals surface area contributed by atoms with Gasteiger partial charge in [0.2, 0.25) is 0 Å². The van der Waals surface area contributed by atoms with E-state index in [9.17, 15) is 9.59 Å². The molecule has 0 aliphatic rings. The van der Waals surface area contributed by atoms with Crippen LogP contribution in [0.25, 0.3) is 0 Å². The van der Waals surface area contributed by atoms with E-state index in [0.29, 0.717) is 5.56 Å². The zero-order chi connectivity index (χ0) is 9.84. The van der Waals surface area contributed by atoms with E-state index in [4.69, 9.17) is 4.74 Å². The third kappa shape index (κ3) is 2.87. The van der Waals surface area contributed by atoms with Crippen LogP contribution in [-0.4, -0.2) is 16.1 Å². The van der Waals surface area contributed by atoms with E-state index in [-0.39, 0.29) is 12.7 Å². The second kappa shape index (κ2) is 4.04. The minimum atomic E-state index is -0.502. The molecule has 1 aromatic rings. The molecule has 5 nitrogen and oxygen atoms in total. The molecule has 1 aromatic heterocycles. The Morgan fingerprint density at radius 3 is 2.69 bits per heavy atom. The largest absolute Gasteiger partial charge is 0.374 e. The maximum Gasteiger partial charge on any atom is 0.325 e. The first-order chi connectivity index (χ1) is 6.09. The fraction of sp³-hybridized carbons (Fsp3) is 0.500. The van der Waals surface area contributed by atoms with Gasteiger partial charge < -0.3 is 9.72 Å². The molecule has 0 aromatic carbocycles. The topological polar surface area (TPSA) is 75.0 Å². The number of hydrogen-bond donors (Lipinski definition) is 2. The van der Waals surface area contributed by atoms with E-state index < -0.39 is 11.2 Å². The van der Waals surface area contributed by atoms with Gasteiger partial charge in [-0.3, -0.25) is 9.78 Å². The Hall–Kier alpha value is -1.36. The maximum absolute atomic E-state index is 11.1. The lowest BCUT2D eigenvalue weighted by atomic mass is 10.3. The van der Waals surface area contributed by atoms with Gasteiger partial charge in [0, 0.05) is 6.20 Å². The van der Waals surface area contributed by atoms with Crippen LogP contribution in [0.3, 0.4) is 0 Å². The van der Waals surface area contributed by atoms with Gasteiger partial charge in [-0.1, -0.05) is 0 Å². The van der Waals surface area contributed by atoms with E-state index >= 15 is 0 Å². The Morgan fingerprint density at radius 1 is 1.46 bits per heavy atom. The fourth-order valence-electron chi connectivity index (χ4n) is 0.801. The predicted octanol–water partition coefficient (Wildman–Crippen LogP) is -0.0118. The van der Waals surface area contributed by atoms with Crippen molar-refractivity contribution in [3.8, 4) is 0 Å². The highest BCUT2D eigenvalue weighted by atomic mass is 16.5. The molecule has 1 rings (SSSR count). The van der Waals surface area contributed by atoms with Gasteiger partial charge in [0.25, 0.3) is 5.56 Å². The first-order valence-electron chi connectivity index (χ1n) is 4.02. The van der Waals surface area contributed by atoms with Crippen LogP contribution in [0.5, 0.6) is 0 Å². The van der Waals surface area contributed by atoms with Gasteiger partial charge in [0.15, 0.2) is 0 Å². The average molecular weight is 184 g/mol. The summed E-state index contributed by atoms with van der Waals surface area (Å²) in [6.45, 7) is 3.96. The van der Waals surface area contributed by atoms with Crippen molar-refractivity contribution in [1.82, 2.24) is 9.97 Å². The molecule has 0 fully saturated rings. The molecule has 0 aliphatic carbocycles. The van der Waals surface area contributed by atoms with Crippen molar-refractivity contribution in [2.45, 2.75) is 26.6 Å². The van der Waals surface area contributed by atoms with Crippen molar-refractivity contribution in [3.05, 3.63) is 32.6 Å². The van der Waals surface area contributed by atoms with E-state index in [1.165, 1.54) is 6.20 Å². The molecule has 0 amide bonds. The summed E-state index contributed by atoms with van der Waals surface area (Å²) in [7, 11) is 0. The highest BCUT2D eigenvalue weighted by Crippen LogP contribution is 1.94. The zero-order valence-electron chi connectivity index (χ0n) is 7.59. The van der Waals surface area contributed by atoms with Crippen LogP contribution in [0.4, 0.5) is 0 Å². The lowest BCUT2D eigenvalue weighted by molar-refractivity contribution is 0.0648. The summed E-state index contributed by atoms with van der Waals surface area (Å²) in [5, 5.41) is 0. The van der Waals surface area contributed by atoms with E-state index in [0.717, 1.165) is 0 Å². The SMILES string of the molecule is CC(C)OCc1c[nH]c(=O)[nH]c1=O. The molecule has 0 aliphatic heterocycles. The number of ether oxygens (including phenoxy) is 1. The van der Waals surface area contributed by atoms with Crippen molar-refractivity contribution in [3.63, 3.8) is 0 Å². The van der Waals surface area contributed by atoms with E-state index in [2.05, 4.69) is 9.97 Å². The molecule has 2 N–H and O–H groups in total. The summed E-state index contributed by atoms with van der Waals surface area (Å²) in [5.74, 6) is 0. The molecule has 0 saturated heterocycles. The second-order valence-corrected chi connectivity index (χ2v) is 2.96. The molecule has 0 saturated carbocycles. The van der Waals surface area contributed by atoms with Crippen LogP contribution >= 0.6 is 0 Å². The minimum absolute atomic E-state index is 0.0614. The van der Waals surface area contributed by atoms with Gasteiger partial charge >= 0.3 is 5.69 Å². The molecule has 5 heteroatoms. The number of nitrogens with one attached hydrogen (secondary N) is 2. The summed E-state index contributed by atoms with van der Waals surface area (Å²) in [4.78, 5) is 26.2. The third-order valence-electron chi connectivity index (χ3n) is 1.47. The maximum atomic E-state index is 11.1. The number of rotatable bonds is 3. The smallest absolute Gasteiger partial charge is 0.325 e. The van der Waals surface area contributed by atoms with Crippen LogP contribution < -0.4 is 11.2 Å². The second-order valence-electron chi connectivity index (χ2n) is 2.96. The Bertz CT molecular complexity index is 377. The van der Waals surface area contributed by atoms with Crippen LogP contribution in [0, 0.1) is 0 Å². The highest BCUT2D eigenvalue weighted by Gasteiger charge is 2.01. The normalized spacial score (nSPS) is 10.7. The quantitative estimate of drug-likeness (QED) is 0.693. The molecule has 13 heavy (non-hydrogen) atoms. The summed E-state index contributed by atoms with van der Waals surface area (Å²) in [6, 6.07) is 0. The standard InChI is InChI=1S/C8H12N2O3/c1-5(2)13-4-6-3-9-8(12)10-7(6)11/h3,5H,4H2,1-2H3,(H2,9,10,11,12). The van der Waals surface area contributed by atoms with Crippen LogP contribution in [-0.2, 0) is 11.3 Å². The summed E-state index contributed by atoms with van der Waals surface area (Å²) in [6.07, 6.45) is 1.43. The van der Waals surface area contributed by atoms with Crippen molar-refractivity contribution >= 4 is 0 Å². The molecular formula is C8H12N2O3. The number of hydrogen-bond acceptors (Lipinski definition) is 3. The van der Waals surface area contributed by atoms with Gasteiger partial charge in [-0.15, -0.1) is 0 Å². The molecule has 0 radical (unpaired) electrons. The van der Waals surface area contributed by atoms with Crippen molar-refractivity contribution < 1.29 is 4.74 Å². The van der Waals surface area contributed by atoms with Gasteiger partial charge in [-0.2, -0.15) is 0 Å². The number of aromatic amines is 2. The van der Waals surface area contributed by atoms with Crippen molar-refractivity contribution in [2.24, 2.45) is 0 Å². The lowest BCUT2D eigenvalue weighted by Gasteiger charge is -2.05. The summed E-state index contributed by atoms with van der Waals surface area (Å²) >= 11 is 0. The molecule has 0 unspecified atom stereocenters. The Kier molecular flexibility index (Phi) is 3.02. The molecule has 1 heterocycles. The number of H-pyrrole nitrogens is 2. The first-order valence-corrected chi connectivity index (χ1v) is 4.02. The van der Waals surface area contributed by atoms with Crippen molar-refractivity contribution in [1.29, 1.82) is 0 Å². The average Bonchev–Trinajstić information content (AvgIpc) is 2.02. The molecule has 72 valence electrons. The highest BCUT2D eigenvalue weighted by molar-refractivity contribution is 5.01. The Balaban J connectivity index is 2.79. The van der Waals surface area contributed by atoms with Gasteiger partial charge in [-0.25, -0.2) is 4.79 Å². The first kappa shape index (κ1) is 9.73. The van der Waals surface area contributed by atoms with Gasteiger partial charge in [0.05, 0.1) is 18.3 Å².